The quantitative estimate of drug-likeness (QED) is 0.309. The van der Waals surface area contributed by atoms with E-state index in [4.69, 9.17) is 15.2 Å². The highest BCUT2D eigenvalue weighted by Gasteiger charge is 2.32. The van der Waals surface area contributed by atoms with E-state index in [1.54, 1.807) is 26.0 Å². The molecule has 10 heteroatoms. The SMILES string of the molecule is CO[C@H]1/C=C\C=C(/C)C(=O)NC2=CC(=O)C(CCCN(C)C)=C(CC(C)C[C@H](C)[C@H](O)C(C)/C=C(\C)[C@@H]1OC(N)=O)C2=O. The summed E-state index contributed by atoms with van der Waals surface area (Å²) < 4.78 is 11.0. The molecule has 10 nitrogen and oxygen atoms in total. The number of allylic oxidation sites excluding steroid dienone is 5. The van der Waals surface area contributed by atoms with Gasteiger partial charge in [-0.25, -0.2) is 4.79 Å². The molecule has 2 amide bonds. The van der Waals surface area contributed by atoms with Crippen LogP contribution in [0.5, 0.6) is 0 Å². The Bertz CT molecular complexity index is 1210. The summed E-state index contributed by atoms with van der Waals surface area (Å²) in [5.74, 6) is -1.65. The van der Waals surface area contributed by atoms with E-state index in [0.717, 1.165) is 6.54 Å². The van der Waals surface area contributed by atoms with E-state index in [1.807, 2.05) is 45.8 Å². The molecule has 0 aromatic carbocycles. The highest BCUT2D eigenvalue weighted by atomic mass is 16.6. The molecule has 6 atom stereocenters. The molecule has 0 saturated carbocycles. The number of nitrogens with one attached hydrogen (secondary N) is 1. The van der Waals surface area contributed by atoms with Gasteiger partial charge in [-0.05, 0) is 77.6 Å². The number of Topliss-reactive ketones (excluding diaryl/α,β-unsaturated/α-hetero) is 1. The van der Waals surface area contributed by atoms with Crippen LogP contribution in [0.1, 0.15) is 60.3 Å². The van der Waals surface area contributed by atoms with Crippen molar-refractivity contribution in [2.24, 2.45) is 23.5 Å². The van der Waals surface area contributed by atoms with Crippen LogP contribution in [0.15, 0.2) is 58.4 Å². The van der Waals surface area contributed by atoms with Gasteiger partial charge in [0, 0.05) is 35.8 Å². The van der Waals surface area contributed by atoms with E-state index in [1.165, 1.54) is 19.3 Å². The Kier molecular flexibility index (Phi) is 13.8. The molecule has 2 unspecified atom stereocenters. The maximum Gasteiger partial charge on any atom is 0.405 e. The number of fused-ring (bicyclic) bond motifs is 2. The van der Waals surface area contributed by atoms with Gasteiger partial charge >= 0.3 is 6.09 Å². The van der Waals surface area contributed by atoms with Crippen molar-refractivity contribution in [1.82, 2.24) is 10.2 Å². The second-order valence-corrected chi connectivity index (χ2v) is 12.1. The number of aliphatic hydroxyl groups is 1. The molecule has 2 rings (SSSR count). The molecule has 0 fully saturated rings. The van der Waals surface area contributed by atoms with Crippen LogP contribution in [0.25, 0.3) is 0 Å². The minimum absolute atomic E-state index is 0.0377. The summed E-state index contributed by atoms with van der Waals surface area (Å²) in [4.78, 5) is 53.8. The van der Waals surface area contributed by atoms with Crippen molar-refractivity contribution in [2.75, 3.05) is 27.7 Å². The number of nitrogens with two attached hydrogens (primary N) is 1. The number of rotatable bonds is 6. The molecule has 1 aliphatic heterocycles. The molecule has 0 saturated heterocycles. The lowest BCUT2D eigenvalue weighted by molar-refractivity contribution is -0.120. The van der Waals surface area contributed by atoms with Gasteiger partial charge in [0.2, 0.25) is 5.78 Å². The standard InChI is InChI=1S/C33H49N3O7/c1-19-15-21(3)29(38)22(4)17-23(5)31(43-33(34)41)28(42-8)13-9-11-20(2)32(40)35-26-18-27(37)24(12-10-14-36(6)7)25(16-19)30(26)39/h9,11,13,17-19,21-22,28-29,31,38H,10,12,14-16H2,1-8H3,(H2,34,41)(H,35,40)/b13-9-,20-11+,23-17+/t19?,21-,22?,28-,29-,31-/m0/s1. The zero-order chi connectivity index (χ0) is 32.4. The second-order valence-electron chi connectivity index (χ2n) is 12.1. The van der Waals surface area contributed by atoms with Crippen LogP contribution >= 0.6 is 0 Å². The fraction of sp³-hybridized carbons (Fsp3) is 0.576. The predicted octanol–water partition coefficient (Wildman–Crippen LogP) is 3.77. The molecule has 1 heterocycles. The van der Waals surface area contributed by atoms with E-state index in [9.17, 15) is 24.3 Å². The van der Waals surface area contributed by atoms with Crippen molar-refractivity contribution in [3.05, 3.63) is 58.4 Å². The molecule has 0 aromatic heterocycles. The van der Waals surface area contributed by atoms with Crippen molar-refractivity contribution >= 4 is 23.6 Å². The molecule has 1 aliphatic carbocycles. The summed E-state index contributed by atoms with van der Waals surface area (Å²) in [7, 11) is 5.36. The maximum atomic E-state index is 13.7. The fourth-order valence-corrected chi connectivity index (χ4v) is 5.67. The number of hydrogen-bond acceptors (Lipinski definition) is 8. The van der Waals surface area contributed by atoms with Gasteiger partial charge in [-0.15, -0.1) is 0 Å². The van der Waals surface area contributed by atoms with Crippen molar-refractivity contribution in [1.29, 1.82) is 0 Å². The van der Waals surface area contributed by atoms with Crippen molar-refractivity contribution in [2.45, 2.75) is 78.6 Å². The van der Waals surface area contributed by atoms with E-state index in [0.29, 0.717) is 42.4 Å². The van der Waals surface area contributed by atoms with Gasteiger partial charge < -0.3 is 30.5 Å². The van der Waals surface area contributed by atoms with Crippen LogP contribution in [0.2, 0.25) is 0 Å². The Morgan fingerprint density at radius 2 is 1.84 bits per heavy atom. The Morgan fingerprint density at radius 3 is 2.44 bits per heavy atom. The van der Waals surface area contributed by atoms with Gasteiger partial charge in [-0.1, -0.05) is 45.1 Å². The maximum absolute atomic E-state index is 13.7. The molecule has 4 N–H and O–H groups in total. The van der Waals surface area contributed by atoms with Crippen molar-refractivity contribution in [3.63, 3.8) is 0 Å². The topological polar surface area (TPSA) is 148 Å². The summed E-state index contributed by atoms with van der Waals surface area (Å²) >= 11 is 0. The normalized spacial score (nSPS) is 31.5. The molecular formula is C33H49N3O7. The summed E-state index contributed by atoms with van der Waals surface area (Å²) in [5, 5.41) is 13.9. The van der Waals surface area contributed by atoms with Gasteiger partial charge in [-0.2, -0.15) is 0 Å². The highest BCUT2D eigenvalue weighted by molar-refractivity contribution is 6.23. The van der Waals surface area contributed by atoms with Gasteiger partial charge in [0.05, 0.1) is 11.8 Å². The number of carbonyl (C=O) groups is 4. The first kappa shape index (κ1) is 35.9. The Balaban J connectivity index is 2.56. The fourth-order valence-electron chi connectivity index (χ4n) is 5.67. The average Bonchev–Trinajstić information content (AvgIpc) is 2.92. The molecule has 238 valence electrons. The van der Waals surface area contributed by atoms with Crippen LogP contribution < -0.4 is 11.1 Å². The van der Waals surface area contributed by atoms with Gasteiger partial charge in [0.1, 0.15) is 6.10 Å². The molecule has 0 aromatic rings. The number of primary amides is 1. The first-order chi connectivity index (χ1) is 20.2. The van der Waals surface area contributed by atoms with E-state index < -0.39 is 30.3 Å². The lowest BCUT2D eigenvalue weighted by Gasteiger charge is -2.29. The monoisotopic (exact) mass is 599 g/mol. The molecule has 2 bridgehead atoms. The van der Waals surface area contributed by atoms with Crippen LogP contribution in [-0.4, -0.2) is 79.6 Å². The van der Waals surface area contributed by atoms with E-state index in [2.05, 4.69) is 5.32 Å². The van der Waals surface area contributed by atoms with E-state index in [-0.39, 0.29) is 40.6 Å². The molecule has 0 radical (unpaired) electrons. The Labute approximate surface area is 255 Å². The molecule has 43 heavy (non-hydrogen) atoms. The second kappa shape index (κ2) is 16.5. The number of ketones is 2. The Hall–Kier alpha value is -3.34. The number of amides is 2. The van der Waals surface area contributed by atoms with Crippen LogP contribution in [0.4, 0.5) is 4.79 Å². The van der Waals surface area contributed by atoms with Crippen molar-refractivity contribution < 1.29 is 33.8 Å². The van der Waals surface area contributed by atoms with Gasteiger partial charge in [-0.3, -0.25) is 14.4 Å². The number of methoxy groups -OCH3 is 1. The number of ether oxygens (including phenoxy) is 2. The third kappa shape index (κ3) is 10.4. The molecular weight excluding hydrogens is 550 g/mol. The number of nitrogens with zero attached hydrogens (tertiary/aromatic N) is 1. The largest absolute Gasteiger partial charge is 0.439 e. The van der Waals surface area contributed by atoms with Crippen LogP contribution in [0, 0.1) is 17.8 Å². The average molecular weight is 600 g/mol. The predicted molar refractivity (Wildman–Crippen MR) is 166 cm³/mol. The number of carbonyl (C=O) groups excluding carboxylic acids is 4. The lowest BCUT2D eigenvalue weighted by atomic mass is 9.80. The smallest absolute Gasteiger partial charge is 0.405 e. The molecule has 0 spiro atoms. The highest BCUT2D eigenvalue weighted by Crippen LogP contribution is 2.31. The van der Waals surface area contributed by atoms with E-state index >= 15 is 0 Å². The summed E-state index contributed by atoms with van der Waals surface area (Å²) in [6.45, 7) is 9.95. The Morgan fingerprint density at radius 1 is 1.16 bits per heavy atom. The minimum atomic E-state index is -0.970. The first-order valence-corrected chi connectivity index (χ1v) is 14.8. The summed E-state index contributed by atoms with van der Waals surface area (Å²) in [6.07, 6.45) is 6.60. The van der Waals surface area contributed by atoms with Crippen molar-refractivity contribution in [3.8, 4) is 0 Å². The van der Waals surface area contributed by atoms with Crippen LogP contribution in [-0.2, 0) is 23.9 Å². The summed E-state index contributed by atoms with van der Waals surface area (Å²) in [5.41, 5.74) is 7.16. The minimum Gasteiger partial charge on any atom is -0.439 e. The molecule has 2 aliphatic rings. The number of hydrogen-bond donors (Lipinski definition) is 3. The van der Waals surface area contributed by atoms with Crippen LogP contribution in [0.3, 0.4) is 0 Å². The third-order valence-corrected chi connectivity index (χ3v) is 7.98. The third-order valence-electron chi connectivity index (χ3n) is 7.98. The van der Waals surface area contributed by atoms with Gasteiger partial charge in [0.15, 0.2) is 11.9 Å². The summed E-state index contributed by atoms with van der Waals surface area (Å²) in [6, 6.07) is 0. The number of aliphatic hydroxyl groups excluding tert-OH is 1. The van der Waals surface area contributed by atoms with Gasteiger partial charge in [0.25, 0.3) is 5.91 Å². The zero-order valence-corrected chi connectivity index (χ0v) is 26.8. The lowest BCUT2D eigenvalue weighted by Crippen LogP contribution is -2.35. The zero-order valence-electron chi connectivity index (χ0n) is 26.8. The first-order valence-electron chi connectivity index (χ1n) is 14.8.